The van der Waals surface area contributed by atoms with Crippen LogP contribution in [0.25, 0.3) is 5.69 Å². The number of carbonyl (C=O) groups is 1. The van der Waals surface area contributed by atoms with Crippen molar-refractivity contribution in [2.45, 2.75) is 52.1 Å². The van der Waals surface area contributed by atoms with E-state index < -0.39 is 0 Å². The van der Waals surface area contributed by atoms with Crippen molar-refractivity contribution in [2.75, 3.05) is 24.5 Å². The van der Waals surface area contributed by atoms with Crippen LogP contribution in [0.4, 0.5) is 10.5 Å². The lowest BCUT2D eigenvalue weighted by molar-refractivity contribution is 0.149. The predicted octanol–water partition coefficient (Wildman–Crippen LogP) is 4.03. The molecule has 1 aromatic heterocycles. The zero-order valence-corrected chi connectivity index (χ0v) is 16.8. The number of aromatic nitrogens is 1. The Morgan fingerprint density at radius 3 is 2.59 bits per heavy atom. The lowest BCUT2D eigenvalue weighted by atomic mass is 9.80. The summed E-state index contributed by atoms with van der Waals surface area (Å²) in [7, 11) is 0. The fraction of sp³-hybridized carbons (Fsp3) is 0.500. The summed E-state index contributed by atoms with van der Waals surface area (Å²) in [6, 6.07) is 11.4. The second-order valence-electron chi connectivity index (χ2n) is 8.12. The minimum absolute atomic E-state index is 0.0480. The molecule has 2 aliphatic rings. The van der Waals surface area contributed by atoms with Gasteiger partial charge in [0.2, 0.25) is 0 Å². The first-order valence-electron chi connectivity index (χ1n) is 10.1. The van der Waals surface area contributed by atoms with E-state index in [0.29, 0.717) is 0 Å². The van der Waals surface area contributed by atoms with Crippen LogP contribution in [0.1, 0.15) is 44.9 Å². The first-order chi connectivity index (χ1) is 13.0. The third-order valence-corrected chi connectivity index (χ3v) is 6.03. The van der Waals surface area contributed by atoms with Gasteiger partial charge in [-0.3, -0.25) is 0 Å². The fourth-order valence-corrected chi connectivity index (χ4v) is 4.81. The standard InChI is InChI=1S/C22H30N4O/c1-5-26-19-15-17(4)8-9-18(19)25-12-6-7-20(25)22(26)10-13-24(14-11-22)21(27)23-16(2)3/h6-9,12,15-16H,5,10-11,13-14H2,1-4H3,(H,23,27). The lowest BCUT2D eigenvalue weighted by Crippen LogP contribution is -2.58. The van der Waals surface area contributed by atoms with Gasteiger partial charge in [0.25, 0.3) is 0 Å². The third kappa shape index (κ3) is 2.80. The molecule has 144 valence electrons. The molecule has 1 N–H and O–H groups in total. The molecule has 3 heterocycles. The smallest absolute Gasteiger partial charge is 0.317 e. The SMILES string of the molecule is CCN1c2cc(C)ccc2-n2cccc2C12CCN(C(=O)NC(C)C)CC2. The van der Waals surface area contributed by atoms with Crippen LogP contribution in [0.3, 0.4) is 0 Å². The summed E-state index contributed by atoms with van der Waals surface area (Å²) in [5, 5.41) is 3.03. The Morgan fingerprint density at radius 2 is 1.93 bits per heavy atom. The Hall–Kier alpha value is -2.43. The summed E-state index contributed by atoms with van der Waals surface area (Å²) in [4.78, 5) is 17.0. The molecule has 2 aliphatic heterocycles. The van der Waals surface area contributed by atoms with E-state index >= 15 is 0 Å². The normalized spacial score (nSPS) is 17.8. The monoisotopic (exact) mass is 366 g/mol. The topological polar surface area (TPSA) is 40.5 Å². The van der Waals surface area contributed by atoms with Crippen molar-refractivity contribution >= 4 is 11.7 Å². The van der Waals surface area contributed by atoms with Gasteiger partial charge in [-0.1, -0.05) is 6.07 Å². The van der Waals surface area contributed by atoms with Gasteiger partial charge in [0.15, 0.2) is 0 Å². The maximum atomic E-state index is 12.5. The van der Waals surface area contributed by atoms with Gasteiger partial charge in [-0.25, -0.2) is 4.79 Å². The molecule has 2 aromatic rings. The highest BCUT2D eigenvalue weighted by Gasteiger charge is 2.46. The maximum absolute atomic E-state index is 12.5. The number of nitrogens with zero attached hydrogens (tertiary/aromatic N) is 3. The average molecular weight is 367 g/mol. The summed E-state index contributed by atoms with van der Waals surface area (Å²) in [6.07, 6.45) is 4.07. The van der Waals surface area contributed by atoms with Crippen molar-refractivity contribution in [1.29, 1.82) is 0 Å². The molecular formula is C22H30N4O. The second kappa shape index (κ2) is 6.63. The van der Waals surface area contributed by atoms with E-state index in [4.69, 9.17) is 0 Å². The van der Waals surface area contributed by atoms with Crippen molar-refractivity contribution < 1.29 is 4.79 Å². The number of hydrogen-bond donors (Lipinski definition) is 1. The number of urea groups is 1. The molecule has 5 heteroatoms. The molecule has 4 rings (SSSR count). The Labute approximate surface area is 162 Å². The number of hydrogen-bond acceptors (Lipinski definition) is 2. The number of benzene rings is 1. The summed E-state index contributed by atoms with van der Waals surface area (Å²) >= 11 is 0. The summed E-state index contributed by atoms with van der Waals surface area (Å²) in [5.41, 5.74) is 5.15. The highest BCUT2D eigenvalue weighted by atomic mass is 16.2. The van der Waals surface area contributed by atoms with Crippen LogP contribution in [0.15, 0.2) is 36.5 Å². The Bertz CT molecular complexity index is 846. The van der Waals surface area contributed by atoms with Gasteiger partial charge < -0.3 is 19.7 Å². The lowest BCUT2D eigenvalue weighted by Gasteiger charge is -2.53. The summed E-state index contributed by atoms with van der Waals surface area (Å²) < 4.78 is 2.35. The van der Waals surface area contributed by atoms with Crippen LogP contribution in [0, 0.1) is 6.92 Å². The van der Waals surface area contributed by atoms with E-state index in [2.05, 4.69) is 65.2 Å². The van der Waals surface area contributed by atoms with Crippen molar-refractivity contribution in [3.63, 3.8) is 0 Å². The minimum atomic E-state index is -0.0480. The van der Waals surface area contributed by atoms with E-state index in [-0.39, 0.29) is 17.6 Å². The number of anilines is 1. The maximum Gasteiger partial charge on any atom is 0.317 e. The van der Waals surface area contributed by atoms with E-state index in [0.717, 1.165) is 32.5 Å². The largest absolute Gasteiger partial charge is 0.359 e. The molecule has 0 unspecified atom stereocenters. The van der Waals surface area contributed by atoms with Gasteiger partial charge in [0, 0.05) is 37.6 Å². The molecular weight excluding hydrogens is 336 g/mol. The van der Waals surface area contributed by atoms with Gasteiger partial charge in [0.05, 0.1) is 16.9 Å². The quantitative estimate of drug-likeness (QED) is 0.872. The van der Waals surface area contributed by atoms with Crippen LogP contribution in [-0.2, 0) is 5.54 Å². The highest BCUT2D eigenvalue weighted by molar-refractivity contribution is 5.75. The van der Waals surface area contributed by atoms with E-state index in [9.17, 15) is 4.79 Å². The summed E-state index contributed by atoms with van der Waals surface area (Å²) in [6.45, 7) is 10.9. The number of fused-ring (bicyclic) bond motifs is 4. The Balaban J connectivity index is 1.70. The van der Waals surface area contributed by atoms with Crippen LogP contribution >= 0.6 is 0 Å². The number of amides is 2. The third-order valence-electron chi connectivity index (χ3n) is 6.03. The van der Waals surface area contributed by atoms with Crippen molar-refractivity contribution in [1.82, 2.24) is 14.8 Å². The molecule has 0 aliphatic carbocycles. The number of likely N-dealkylation sites (tertiary alicyclic amines) is 1. The molecule has 0 atom stereocenters. The number of nitrogens with one attached hydrogen (secondary N) is 1. The van der Waals surface area contributed by atoms with Crippen molar-refractivity contribution in [3.05, 3.63) is 47.8 Å². The summed E-state index contributed by atoms with van der Waals surface area (Å²) in [5.74, 6) is 0. The molecule has 5 nitrogen and oxygen atoms in total. The number of piperidine rings is 1. The highest BCUT2D eigenvalue weighted by Crippen LogP contribution is 2.48. The number of carbonyl (C=O) groups excluding carboxylic acids is 1. The first kappa shape index (κ1) is 18.0. The zero-order chi connectivity index (χ0) is 19.2. The molecule has 1 aromatic carbocycles. The van der Waals surface area contributed by atoms with Gasteiger partial charge >= 0.3 is 6.03 Å². The minimum Gasteiger partial charge on any atom is -0.359 e. The number of aryl methyl sites for hydroxylation is 1. The predicted molar refractivity (Wildman–Crippen MR) is 110 cm³/mol. The molecule has 1 spiro atoms. The molecule has 27 heavy (non-hydrogen) atoms. The second-order valence-corrected chi connectivity index (χ2v) is 8.12. The number of rotatable bonds is 2. The van der Waals surface area contributed by atoms with Crippen LogP contribution in [0.2, 0.25) is 0 Å². The van der Waals surface area contributed by atoms with Crippen molar-refractivity contribution in [3.8, 4) is 5.69 Å². The van der Waals surface area contributed by atoms with Crippen LogP contribution < -0.4 is 10.2 Å². The van der Waals surface area contributed by atoms with Crippen molar-refractivity contribution in [2.24, 2.45) is 0 Å². The van der Waals surface area contributed by atoms with Gasteiger partial charge in [-0.05, 0) is 70.4 Å². The van der Waals surface area contributed by atoms with Crippen LogP contribution in [-0.4, -0.2) is 41.2 Å². The van der Waals surface area contributed by atoms with E-state index in [1.807, 2.05) is 18.7 Å². The van der Waals surface area contributed by atoms with Gasteiger partial charge in [-0.2, -0.15) is 0 Å². The zero-order valence-electron chi connectivity index (χ0n) is 16.8. The molecule has 2 amide bonds. The first-order valence-corrected chi connectivity index (χ1v) is 10.1. The van der Waals surface area contributed by atoms with E-state index in [1.54, 1.807) is 0 Å². The Kier molecular flexibility index (Phi) is 4.41. The Morgan fingerprint density at radius 1 is 1.19 bits per heavy atom. The molecule has 1 fully saturated rings. The van der Waals surface area contributed by atoms with Gasteiger partial charge in [0.1, 0.15) is 0 Å². The molecule has 0 bridgehead atoms. The van der Waals surface area contributed by atoms with Crippen LogP contribution in [0.5, 0.6) is 0 Å². The molecule has 0 radical (unpaired) electrons. The molecule has 1 saturated heterocycles. The van der Waals surface area contributed by atoms with Gasteiger partial charge in [-0.15, -0.1) is 0 Å². The average Bonchev–Trinajstić information content (AvgIpc) is 3.12. The fourth-order valence-electron chi connectivity index (χ4n) is 4.81. The van der Waals surface area contributed by atoms with E-state index in [1.165, 1.54) is 22.6 Å². The molecule has 0 saturated carbocycles.